The second-order valence-electron chi connectivity index (χ2n) is 5.49. The molecule has 1 heterocycles. The Balaban J connectivity index is 1.88. The number of carbonyl (C=O) groups excluding carboxylic acids is 2. The van der Waals surface area contributed by atoms with E-state index in [2.05, 4.69) is 9.47 Å². The minimum Gasteiger partial charge on any atom is -0.468 e. The molecule has 1 atom stereocenters. The van der Waals surface area contributed by atoms with Crippen LogP contribution in [0.4, 0.5) is 0 Å². The van der Waals surface area contributed by atoms with E-state index in [4.69, 9.17) is 9.47 Å². The van der Waals surface area contributed by atoms with Crippen LogP contribution in [-0.4, -0.2) is 69.2 Å². The van der Waals surface area contributed by atoms with Crippen molar-refractivity contribution in [2.45, 2.75) is 37.6 Å². The monoisotopic (exact) mass is 301 g/mol. The Labute approximate surface area is 124 Å². The standard InChI is InChI=1S/C14H23NO6/c1-18-12(16)8-15(9-13(17)19-2)7-11-10-20-14(21-11)5-3-4-6-14/h11H,3-10H2,1-2H3. The third kappa shape index (κ3) is 4.39. The molecule has 1 unspecified atom stereocenters. The van der Waals surface area contributed by atoms with Gasteiger partial charge in [0.2, 0.25) is 0 Å². The average Bonchev–Trinajstić information content (AvgIpc) is 3.09. The van der Waals surface area contributed by atoms with Gasteiger partial charge in [0.1, 0.15) is 0 Å². The van der Waals surface area contributed by atoms with Crippen LogP contribution < -0.4 is 0 Å². The lowest BCUT2D eigenvalue weighted by atomic mass is 10.2. The maximum absolute atomic E-state index is 11.4. The molecule has 1 spiro atoms. The third-order valence-corrected chi connectivity index (χ3v) is 3.90. The van der Waals surface area contributed by atoms with Crippen LogP contribution in [0, 0.1) is 0 Å². The maximum Gasteiger partial charge on any atom is 0.319 e. The fourth-order valence-corrected chi connectivity index (χ4v) is 2.85. The van der Waals surface area contributed by atoms with Gasteiger partial charge in [-0.1, -0.05) is 0 Å². The molecule has 1 aliphatic heterocycles. The summed E-state index contributed by atoms with van der Waals surface area (Å²) in [5, 5.41) is 0. The summed E-state index contributed by atoms with van der Waals surface area (Å²) in [4.78, 5) is 24.5. The molecule has 0 aromatic carbocycles. The average molecular weight is 301 g/mol. The Hall–Kier alpha value is -1.18. The first-order chi connectivity index (χ1) is 10.1. The van der Waals surface area contributed by atoms with Crippen molar-refractivity contribution in [2.24, 2.45) is 0 Å². The molecular formula is C14H23NO6. The van der Waals surface area contributed by atoms with E-state index in [0.717, 1.165) is 25.7 Å². The summed E-state index contributed by atoms with van der Waals surface area (Å²) < 4.78 is 21.1. The van der Waals surface area contributed by atoms with Crippen molar-refractivity contribution < 1.29 is 28.5 Å². The van der Waals surface area contributed by atoms with Crippen molar-refractivity contribution in [3.05, 3.63) is 0 Å². The number of nitrogens with zero attached hydrogens (tertiary/aromatic N) is 1. The van der Waals surface area contributed by atoms with Crippen LogP contribution in [-0.2, 0) is 28.5 Å². The summed E-state index contributed by atoms with van der Waals surface area (Å²) in [7, 11) is 2.64. The maximum atomic E-state index is 11.4. The van der Waals surface area contributed by atoms with Gasteiger partial charge in [0.05, 0.1) is 40.0 Å². The molecule has 0 aromatic heterocycles. The highest BCUT2D eigenvalue weighted by Crippen LogP contribution is 2.39. The van der Waals surface area contributed by atoms with Crippen LogP contribution in [0.1, 0.15) is 25.7 Å². The van der Waals surface area contributed by atoms with Crippen LogP contribution in [0.25, 0.3) is 0 Å². The molecule has 0 radical (unpaired) electrons. The molecule has 0 bridgehead atoms. The number of rotatable bonds is 6. The van der Waals surface area contributed by atoms with Gasteiger partial charge in [0, 0.05) is 19.4 Å². The number of methoxy groups -OCH3 is 2. The number of ether oxygens (including phenoxy) is 4. The summed E-state index contributed by atoms with van der Waals surface area (Å²) in [6.45, 7) is 0.974. The fraction of sp³-hybridized carbons (Fsp3) is 0.857. The number of carbonyl (C=O) groups is 2. The molecule has 0 amide bonds. The van der Waals surface area contributed by atoms with Crippen LogP contribution in [0.3, 0.4) is 0 Å². The van der Waals surface area contributed by atoms with Crippen LogP contribution in [0.2, 0.25) is 0 Å². The molecule has 2 aliphatic rings. The van der Waals surface area contributed by atoms with E-state index in [1.807, 2.05) is 0 Å². The molecule has 2 fully saturated rings. The third-order valence-electron chi connectivity index (χ3n) is 3.90. The predicted octanol–water partition coefficient (Wildman–Crippen LogP) is 0.320. The molecule has 0 aromatic rings. The van der Waals surface area contributed by atoms with Gasteiger partial charge in [-0.25, -0.2) is 0 Å². The van der Waals surface area contributed by atoms with Gasteiger partial charge in [0.15, 0.2) is 5.79 Å². The first-order valence-corrected chi connectivity index (χ1v) is 7.25. The van der Waals surface area contributed by atoms with E-state index in [9.17, 15) is 9.59 Å². The summed E-state index contributed by atoms with van der Waals surface area (Å²) in [6.07, 6.45) is 3.91. The van der Waals surface area contributed by atoms with Gasteiger partial charge in [-0.3, -0.25) is 14.5 Å². The Bertz CT molecular complexity index is 362. The number of hydrogen-bond donors (Lipinski definition) is 0. The van der Waals surface area contributed by atoms with Gasteiger partial charge in [-0.2, -0.15) is 0 Å². The van der Waals surface area contributed by atoms with Crippen LogP contribution in [0.5, 0.6) is 0 Å². The van der Waals surface area contributed by atoms with Crippen LogP contribution in [0.15, 0.2) is 0 Å². The SMILES string of the molecule is COC(=O)CN(CC(=O)OC)CC1COC2(CCCC2)O1. The highest BCUT2D eigenvalue weighted by Gasteiger charge is 2.44. The topological polar surface area (TPSA) is 74.3 Å². The lowest BCUT2D eigenvalue weighted by Crippen LogP contribution is -2.41. The second-order valence-corrected chi connectivity index (χ2v) is 5.49. The number of hydrogen-bond acceptors (Lipinski definition) is 7. The summed E-state index contributed by atoms with van der Waals surface area (Å²) >= 11 is 0. The van der Waals surface area contributed by atoms with Crippen molar-refractivity contribution in [3.8, 4) is 0 Å². The summed E-state index contributed by atoms with van der Waals surface area (Å²) in [6, 6.07) is 0. The molecule has 7 heteroatoms. The van der Waals surface area contributed by atoms with Crippen molar-refractivity contribution in [1.29, 1.82) is 0 Å². The van der Waals surface area contributed by atoms with Crippen molar-refractivity contribution in [2.75, 3.05) is 40.5 Å². The lowest BCUT2D eigenvalue weighted by Gasteiger charge is -2.25. The van der Waals surface area contributed by atoms with E-state index < -0.39 is 17.7 Å². The molecule has 1 aliphatic carbocycles. The highest BCUT2D eigenvalue weighted by molar-refractivity contribution is 5.74. The normalized spacial score (nSPS) is 23.7. The molecular weight excluding hydrogens is 278 g/mol. The largest absolute Gasteiger partial charge is 0.468 e. The molecule has 7 nitrogen and oxygen atoms in total. The zero-order chi connectivity index (χ0) is 15.3. The lowest BCUT2D eigenvalue weighted by molar-refractivity contribution is -0.164. The summed E-state index contributed by atoms with van der Waals surface area (Å²) in [5.41, 5.74) is 0. The molecule has 2 rings (SSSR count). The molecule has 1 saturated heterocycles. The van der Waals surface area contributed by atoms with Gasteiger partial charge < -0.3 is 18.9 Å². The van der Waals surface area contributed by atoms with Gasteiger partial charge >= 0.3 is 11.9 Å². The first kappa shape index (κ1) is 16.2. The van der Waals surface area contributed by atoms with E-state index >= 15 is 0 Å². The van der Waals surface area contributed by atoms with Crippen molar-refractivity contribution >= 4 is 11.9 Å². The quantitative estimate of drug-likeness (QED) is 0.654. The van der Waals surface area contributed by atoms with Gasteiger partial charge in [-0.05, 0) is 12.8 Å². The first-order valence-electron chi connectivity index (χ1n) is 7.25. The van der Waals surface area contributed by atoms with E-state index in [1.165, 1.54) is 14.2 Å². The zero-order valence-electron chi connectivity index (χ0n) is 12.6. The second kappa shape index (κ2) is 7.20. The highest BCUT2D eigenvalue weighted by atomic mass is 16.7. The van der Waals surface area contributed by atoms with Crippen molar-refractivity contribution in [3.63, 3.8) is 0 Å². The minimum atomic E-state index is -0.438. The van der Waals surface area contributed by atoms with E-state index in [1.54, 1.807) is 4.90 Å². The molecule has 120 valence electrons. The Morgan fingerprint density at radius 3 is 2.24 bits per heavy atom. The Morgan fingerprint density at radius 2 is 1.71 bits per heavy atom. The predicted molar refractivity (Wildman–Crippen MR) is 72.5 cm³/mol. The molecule has 0 N–H and O–H groups in total. The van der Waals surface area contributed by atoms with Crippen molar-refractivity contribution in [1.82, 2.24) is 4.90 Å². The van der Waals surface area contributed by atoms with E-state index in [-0.39, 0.29) is 19.2 Å². The van der Waals surface area contributed by atoms with Gasteiger partial charge in [0.25, 0.3) is 0 Å². The molecule has 1 saturated carbocycles. The summed E-state index contributed by atoms with van der Waals surface area (Å²) in [5.74, 6) is -1.23. The van der Waals surface area contributed by atoms with Crippen LogP contribution >= 0.6 is 0 Å². The Kier molecular flexibility index (Phi) is 5.55. The smallest absolute Gasteiger partial charge is 0.319 e. The van der Waals surface area contributed by atoms with E-state index in [0.29, 0.717) is 13.2 Å². The molecule has 21 heavy (non-hydrogen) atoms. The fourth-order valence-electron chi connectivity index (χ4n) is 2.85. The number of esters is 2. The Morgan fingerprint density at radius 1 is 1.14 bits per heavy atom. The zero-order valence-corrected chi connectivity index (χ0v) is 12.6. The van der Waals surface area contributed by atoms with Gasteiger partial charge in [-0.15, -0.1) is 0 Å². The minimum absolute atomic E-state index is 0.0262.